The Bertz CT molecular complexity index is 377. The Kier molecular flexibility index (Phi) is 6.29. The summed E-state index contributed by atoms with van der Waals surface area (Å²) >= 11 is 0. The Balaban J connectivity index is 3.22. The molecule has 0 aliphatic rings. The maximum absolute atomic E-state index is 12.5. The summed E-state index contributed by atoms with van der Waals surface area (Å²) in [5, 5.41) is 0. The molecular formula is C16H26O2Si. The minimum Gasteiger partial charge on any atom is -0.466 e. The van der Waals surface area contributed by atoms with Gasteiger partial charge in [0.25, 0.3) is 0 Å². The highest BCUT2D eigenvalue weighted by Gasteiger charge is 2.42. The first kappa shape index (κ1) is 16.0. The van der Waals surface area contributed by atoms with Crippen molar-refractivity contribution in [3.63, 3.8) is 0 Å². The molecule has 1 atom stereocenters. The van der Waals surface area contributed by atoms with E-state index in [-0.39, 0.29) is 11.5 Å². The van der Waals surface area contributed by atoms with Gasteiger partial charge in [0.1, 0.15) is 0 Å². The van der Waals surface area contributed by atoms with Crippen molar-refractivity contribution in [3.8, 4) is 0 Å². The van der Waals surface area contributed by atoms with Crippen molar-refractivity contribution >= 4 is 14.0 Å². The molecule has 106 valence electrons. The molecular weight excluding hydrogens is 252 g/mol. The molecule has 0 aliphatic carbocycles. The molecule has 0 N–H and O–H groups in total. The Labute approximate surface area is 118 Å². The van der Waals surface area contributed by atoms with Gasteiger partial charge in [-0.15, -0.1) is 0 Å². The van der Waals surface area contributed by atoms with Crippen LogP contribution in [-0.2, 0) is 9.53 Å². The summed E-state index contributed by atoms with van der Waals surface area (Å²) in [6.07, 6.45) is 0. The molecule has 3 heteroatoms. The number of hydrogen-bond donors (Lipinski definition) is 0. The van der Waals surface area contributed by atoms with Crippen LogP contribution in [0.3, 0.4) is 0 Å². The highest BCUT2D eigenvalue weighted by atomic mass is 28.3. The number of esters is 1. The summed E-state index contributed by atoms with van der Waals surface area (Å²) in [4.78, 5) is 12.5. The third-order valence-electron chi connectivity index (χ3n) is 4.38. The van der Waals surface area contributed by atoms with Gasteiger partial charge in [-0.25, -0.2) is 0 Å². The second-order valence-corrected chi connectivity index (χ2v) is 10.4. The molecule has 0 aliphatic heterocycles. The third kappa shape index (κ3) is 3.47. The highest BCUT2D eigenvalue weighted by Crippen LogP contribution is 2.37. The Morgan fingerprint density at radius 2 is 1.58 bits per heavy atom. The van der Waals surface area contributed by atoms with E-state index in [1.807, 2.05) is 25.1 Å². The Morgan fingerprint density at radius 3 is 2.00 bits per heavy atom. The second-order valence-electron chi connectivity index (χ2n) is 5.02. The fourth-order valence-corrected chi connectivity index (χ4v) is 7.18. The van der Waals surface area contributed by atoms with Gasteiger partial charge >= 0.3 is 5.97 Å². The van der Waals surface area contributed by atoms with Crippen molar-refractivity contribution < 1.29 is 9.53 Å². The summed E-state index contributed by atoms with van der Waals surface area (Å²) < 4.78 is 5.37. The molecule has 0 radical (unpaired) electrons. The summed E-state index contributed by atoms with van der Waals surface area (Å²) in [5.41, 5.74) is 1.12. The van der Waals surface area contributed by atoms with Crippen molar-refractivity contribution in [2.45, 2.75) is 51.4 Å². The van der Waals surface area contributed by atoms with E-state index < -0.39 is 8.07 Å². The maximum atomic E-state index is 12.5. The van der Waals surface area contributed by atoms with E-state index in [0.717, 1.165) is 23.7 Å². The van der Waals surface area contributed by atoms with E-state index in [1.165, 1.54) is 0 Å². The van der Waals surface area contributed by atoms with Crippen molar-refractivity contribution in [1.29, 1.82) is 0 Å². The average Bonchev–Trinajstić information content (AvgIpc) is 2.46. The lowest BCUT2D eigenvalue weighted by molar-refractivity contribution is -0.143. The molecule has 2 nitrogen and oxygen atoms in total. The third-order valence-corrected chi connectivity index (χ3v) is 10.4. The summed E-state index contributed by atoms with van der Waals surface area (Å²) in [6, 6.07) is 13.5. The summed E-state index contributed by atoms with van der Waals surface area (Å²) in [6.45, 7) is 9.04. The zero-order chi connectivity index (χ0) is 14.3. The largest absolute Gasteiger partial charge is 0.466 e. The molecule has 0 fully saturated rings. The van der Waals surface area contributed by atoms with Gasteiger partial charge in [0, 0.05) is 0 Å². The van der Waals surface area contributed by atoms with Crippen LogP contribution in [0.25, 0.3) is 0 Å². The maximum Gasteiger partial charge on any atom is 0.310 e. The predicted octanol–water partition coefficient (Wildman–Crippen LogP) is 4.38. The lowest BCUT2D eigenvalue weighted by atomic mass is 10.1. The standard InChI is InChI=1S/C16H26O2Si/c1-5-18-16(17)15(14-12-10-9-11-13-14)19(6-2,7-3)8-4/h9-13,15H,5-8H2,1-4H3. The van der Waals surface area contributed by atoms with Crippen LogP contribution in [0.5, 0.6) is 0 Å². The van der Waals surface area contributed by atoms with E-state index >= 15 is 0 Å². The van der Waals surface area contributed by atoms with Crippen LogP contribution in [0.15, 0.2) is 30.3 Å². The molecule has 0 saturated carbocycles. The lowest BCUT2D eigenvalue weighted by Gasteiger charge is -2.35. The summed E-state index contributed by atoms with van der Waals surface area (Å²) in [5.74, 6) is -0.0223. The van der Waals surface area contributed by atoms with E-state index in [1.54, 1.807) is 0 Å². The quantitative estimate of drug-likeness (QED) is 0.546. The number of carbonyl (C=O) groups excluding carboxylic acids is 1. The van der Waals surface area contributed by atoms with Gasteiger partial charge in [-0.05, 0) is 12.5 Å². The van der Waals surface area contributed by atoms with Crippen LogP contribution < -0.4 is 0 Å². The second kappa shape index (κ2) is 7.48. The van der Waals surface area contributed by atoms with Gasteiger partial charge in [-0.2, -0.15) is 0 Å². The minimum absolute atomic E-state index is 0.0198. The van der Waals surface area contributed by atoms with Crippen LogP contribution in [0, 0.1) is 0 Å². The SMILES string of the molecule is CCOC(=O)C(c1ccccc1)[Si](CC)(CC)CC. The van der Waals surface area contributed by atoms with Crippen LogP contribution >= 0.6 is 0 Å². The summed E-state index contributed by atoms with van der Waals surface area (Å²) in [7, 11) is -1.66. The topological polar surface area (TPSA) is 26.3 Å². The molecule has 1 unspecified atom stereocenters. The van der Waals surface area contributed by atoms with E-state index in [9.17, 15) is 4.79 Å². The Hall–Kier alpha value is -1.09. The van der Waals surface area contributed by atoms with Crippen molar-refractivity contribution in [3.05, 3.63) is 35.9 Å². The van der Waals surface area contributed by atoms with Gasteiger partial charge in [-0.1, -0.05) is 69.2 Å². The van der Waals surface area contributed by atoms with E-state index in [0.29, 0.717) is 6.61 Å². The smallest absolute Gasteiger partial charge is 0.310 e. The zero-order valence-electron chi connectivity index (χ0n) is 12.6. The molecule has 1 aromatic carbocycles. The molecule has 0 spiro atoms. The molecule has 0 bridgehead atoms. The fraction of sp³-hybridized carbons (Fsp3) is 0.562. The molecule has 19 heavy (non-hydrogen) atoms. The molecule has 0 amide bonds. The first-order valence-electron chi connectivity index (χ1n) is 7.36. The van der Waals surface area contributed by atoms with Crippen molar-refractivity contribution in [1.82, 2.24) is 0 Å². The van der Waals surface area contributed by atoms with E-state index in [4.69, 9.17) is 4.74 Å². The zero-order valence-corrected chi connectivity index (χ0v) is 13.6. The predicted molar refractivity (Wildman–Crippen MR) is 83.0 cm³/mol. The highest BCUT2D eigenvalue weighted by molar-refractivity contribution is 6.83. The lowest BCUT2D eigenvalue weighted by Crippen LogP contribution is -2.44. The van der Waals surface area contributed by atoms with Crippen LogP contribution in [-0.4, -0.2) is 20.7 Å². The van der Waals surface area contributed by atoms with Gasteiger partial charge in [0.15, 0.2) is 0 Å². The number of ether oxygens (including phenoxy) is 1. The van der Waals surface area contributed by atoms with Crippen LogP contribution in [0.2, 0.25) is 18.1 Å². The van der Waals surface area contributed by atoms with Gasteiger partial charge in [0.05, 0.1) is 20.2 Å². The van der Waals surface area contributed by atoms with Gasteiger partial charge < -0.3 is 4.74 Å². The van der Waals surface area contributed by atoms with E-state index in [2.05, 4.69) is 32.9 Å². The Morgan fingerprint density at radius 1 is 1.05 bits per heavy atom. The molecule has 1 aromatic rings. The monoisotopic (exact) mass is 278 g/mol. The number of hydrogen-bond acceptors (Lipinski definition) is 2. The molecule has 1 rings (SSSR count). The van der Waals surface area contributed by atoms with Gasteiger partial charge in [-0.3, -0.25) is 4.79 Å². The first-order chi connectivity index (χ1) is 9.15. The number of carbonyl (C=O) groups is 1. The number of rotatable bonds is 7. The molecule has 0 heterocycles. The average molecular weight is 278 g/mol. The van der Waals surface area contributed by atoms with Crippen molar-refractivity contribution in [2.24, 2.45) is 0 Å². The number of benzene rings is 1. The minimum atomic E-state index is -1.66. The normalized spacial score (nSPS) is 13.1. The molecule has 0 saturated heterocycles. The molecule has 0 aromatic heterocycles. The fourth-order valence-electron chi connectivity index (χ4n) is 2.97. The van der Waals surface area contributed by atoms with Crippen LogP contribution in [0.1, 0.15) is 38.8 Å². The van der Waals surface area contributed by atoms with Gasteiger partial charge in [0.2, 0.25) is 0 Å². The first-order valence-corrected chi connectivity index (χ1v) is 10.1. The van der Waals surface area contributed by atoms with Crippen LogP contribution in [0.4, 0.5) is 0 Å². The van der Waals surface area contributed by atoms with Crippen molar-refractivity contribution in [2.75, 3.05) is 6.61 Å².